The third-order valence-electron chi connectivity index (χ3n) is 6.87. The van der Waals surface area contributed by atoms with Crippen molar-refractivity contribution in [2.24, 2.45) is 10.7 Å². The van der Waals surface area contributed by atoms with Gasteiger partial charge in [0.1, 0.15) is 17.5 Å². The molecule has 40 heavy (non-hydrogen) atoms. The number of aliphatic imine (C=N–C) groups is 1. The Hall–Kier alpha value is -4.44. The van der Waals surface area contributed by atoms with Crippen LogP contribution in [0.25, 0.3) is 28.9 Å². The van der Waals surface area contributed by atoms with Crippen LogP contribution in [0.2, 0.25) is 0 Å². The molecule has 4 N–H and O–H groups in total. The molecule has 1 aliphatic heterocycles. The van der Waals surface area contributed by atoms with Gasteiger partial charge in [-0.05, 0) is 80.8 Å². The number of pyridine rings is 1. The van der Waals surface area contributed by atoms with Crippen molar-refractivity contribution in [1.82, 2.24) is 30.2 Å². The Labute approximate surface area is 233 Å². The summed E-state index contributed by atoms with van der Waals surface area (Å²) < 4.78 is 13.3. The molecule has 4 heterocycles. The number of aromatic nitrogens is 5. The van der Waals surface area contributed by atoms with E-state index in [0.29, 0.717) is 24.2 Å². The molecule has 5 rings (SSSR count). The zero-order valence-corrected chi connectivity index (χ0v) is 22.6. The monoisotopic (exact) mass is 539 g/mol. The highest BCUT2D eigenvalue weighted by molar-refractivity contribution is 5.94. The molecule has 9 nitrogen and oxygen atoms in total. The van der Waals surface area contributed by atoms with Crippen LogP contribution in [0.1, 0.15) is 30.7 Å². The van der Waals surface area contributed by atoms with E-state index in [1.165, 1.54) is 6.07 Å². The van der Waals surface area contributed by atoms with Gasteiger partial charge in [-0.15, -0.1) is 0 Å². The van der Waals surface area contributed by atoms with Gasteiger partial charge in [0.15, 0.2) is 0 Å². The number of imidazole rings is 1. The number of nitrogens with zero attached hydrogens (tertiary/aromatic N) is 6. The first-order valence-electron chi connectivity index (χ1n) is 13.6. The lowest BCUT2D eigenvalue weighted by Gasteiger charge is -2.16. The molecule has 1 saturated heterocycles. The van der Waals surface area contributed by atoms with Gasteiger partial charge in [-0.1, -0.05) is 18.2 Å². The highest BCUT2D eigenvalue weighted by Crippen LogP contribution is 2.23. The summed E-state index contributed by atoms with van der Waals surface area (Å²) in [5.74, 6) is 1.61. The van der Waals surface area contributed by atoms with Crippen molar-refractivity contribution in [2.75, 3.05) is 31.6 Å². The number of H-pyrrole nitrogens is 1. The molecular formula is C30H34FN9. The van der Waals surface area contributed by atoms with Crippen LogP contribution in [-0.4, -0.2) is 63.5 Å². The molecule has 0 unspecified atom stereocenters. The number of likely N-dealkylation sites (N-methyl/N-ethyl adjacent to an activating group) is 1. The summed E-state index contributed by atoms with van der Waals surface area (Å²) in [5, 5.41) is 3.33. The SMILES string of the molecule is CN[C@@H]1CCN(c2nccc(-c3cccc(-c4cnc(C=CC(N)=NCCCCc5cccc(F)c5)[nH]4)n3)n2)C1. The first-order chi connectivity index (χ1) is 19.6. The van der Waals surface area contributed by atoms with E-state index in [4.69, 9.17) is 15.7 Å². The lowest BCUT2D eigenvalue weighted by molar-refractivity contribution is 0.616. The summed E-state index contributed by atoms with van der Waals surface area (Å²) in [6, 6.07) is 14.9. The smallest absolute Gasteiger partial charge is 0.225 e. The van der Waals surface area contributed by atoms with E-state index >= 15 is 0 Å². The molecule has 0 aliphatic carbocycles. The van der Waals surface area contributed by atoms with Crippen molar-refractivity contribution in [3.63, 3.8) is 0 Å². The molecular weight excluding hydrogens is 505 g/mol. The predicted molar refractivity (Wildman–Crippen MR) is 157 cm³/mol. The second-order valence-electron chi connectivity index (χ2n) is 9.78. The first kappa shape index (κ1) is 27.1. The van der Waals surface area contributed by atoms with Crippen LogP contribution < -0.4 is 16.0 Å². The fourth-order valence-corrected chi connectivity index (χ4v) is 4.66. The Balaban J connectivity index is 1.17. The minimum Gasteiger partial charge on any atom is -0.384 e. The van der Waals surface area contributed by atoms with Gasteiger partial charge in [0.05, 0.1) is 29.0 Å². The standard InChI is InChI=1S/C30H34FN9/c1-33-23-14-17-40(20-23)30-35-16-13-26(39-30)24-9-5-10-25(37-24)27-19-36-29(38-27)12-11-28(32)34-15-3-2-6-21-7-4-8-22(31)18-21/h4-5,7-13,16,18-19,23,33H,2-3,6,14-15,17,20H2,1H3,(H2,32,34)(H,36,38)/t23-/m1/s1. The molecule has 4 aromatic rings. The van der Waals surface area contributed by atoms with Crippen LogP contribution >= 0.6 is 0 Å². The normalized spacial score (nSPS) is 15.8. The minimum absolute atomic E-state index is 0.199. The molecule has 0 amide bonds. The van der Waals surface area contributed by atoms with Gasteiger partial charge in [-0.3, -0.25) is 4.99 Å². The van der Waals surface area contributed by atoms with E-state index in [9.17, 15) is 4.39 Å². The largest absolute Gasteiger partial charge is 0.384 e. The second kappa shape index (κ2) is 13.1. The molecule has 0 spiro atoms. The van der Waals surface area contributed by atoms with Crippen LogP contribution in [0.5, 0.6) is 0 Å². The number of halogens is 1. The number of rotatable bonds is 11. The molecule has 1 atom stereocenters. The maximum absolute atomic E-state index is 13.3. The molecule has 1 aliphatic rings. The summed E-state index contributed by atoms with van der Waals surface area (Å²) in [6.07, 6.45) is 10.8. The van der Waals surface area contributed by atoms with Gasteiger partial charge < -0.3 is 20.9 Å². The second-order valence-corrected chi connectivity index (χ2v) is 9.78. The average molecular weight is 540 g/mol. The lowest BCUT2D eigenvalue weighted by Crippen LogP contribution is -2.30. The third-order valence-corrected chi connectivity index (χ3v) is 6.87. The number of hydrogen-bond donors (Lipinski definition) is 3. The zero-order valence-electron chi connectivity index (χ0n) is 22.6. The predicted octanol–water partition coefficient (Wildman–Crippen LogP) is 4.26. The first-order valence-corrected chi connectivity index (χ1v) is 13.6. The Kier molecular flexibility index (Phi) is 8.87. The quantitative estimate of drug-likeness (QED) is 0.148. The van der Waals surface area contributed by atoms with Crippen molar-refractivity contribution >= 4 is 17.9 Å². The maximum atomic E-state index is 13.3. The van der Waals surface area contributed by atoms with E-state index in [1.54, 1.807) is 36.7 Å². The molecule has 3 aromatic heterocycles. The van der Waals surface area contributed by atoms with Crippen molar-refractivity contribution in [2.45, 2.75) is 31.7 Å². The maximum Gasteiger partial charge on any atom is 0.225 e. The van der Waals surface area contributed by atoms with Crippen molar-refractivity contribution in [1.29, 1.82) is 0 Å². The average Bonchev–Trinajstić information content (AvgIpc) is 3.66. The molecule has 1 aromatic carbocycles. The molecule has 206 valence electrons. The molecule has 0 saturated carbocycles. The number of amidine groups is 1. The third kappa shape index (κ3) is 7.15. The van der Waals surface area contributed by atoms with E-state index < -0.39 is 0 Å². The number of aromatic amines is 1. The van der Waals surface area contributed by atoms with E-state index in [1.807, 2.05) is 37.4 Å². The fraction of sp³-hybridized carbons (Fsp3) is 0.300. The fourth-order valence-electron chi connectivity index (χ4n) is 4.66. The molecule has 0 bridgehead atoms. The number of hydrogen-bond acceptors (Lipinski definition) is 7. The Morgan fingerprint density at radius 1 is 1.12 bits per heavy atom. The number of nitrogens with one attached hydrogen (secondary N) is 2. The van der Waals surface area contributed by atoms with E-state index in [0.717, 1.165) is 73.1 Å². The van der Waals surface area contributed by atoms with Crippen LogP contribution in [0.4, 0.5) is 10.3 Å². The van der Waals surface area contributed by atoms with Crippen LogP contribution in [-0.2, 0) is 6.42 Å². The Bertz CT molecular complexity index is 1480. The van der Waals surface area contributed by atoms with Gasteiger partial charge in [0, 0.05) is 31.9 Å². The Morgan fingerprint density at radius 3 is 2.83 bits per heavy atom. The molecule has 0 radical (unpaired) electrons. The minimum atomic E-state index is -0.199. The van der Waals surface area contributed by atoms with Crippen LogP contribution in [0.15, 0.2) is 72.0 Å². The number of benzene rings is 1. The molecule has 10 heteroatoms. The van der Waals surface area contributed by atoms with Gasteiger partial charge in [-0.2, -0.15) is 0 Å². The highest BCUT2D eigenvalue weighted by Gasteiger charge is 2.23. The summed E-state index contributed by atoms with van der Waals surface area (Å²) in [5.41, 5.74) is 10.2. The van der Waals surface area contributed by atoms with Crippen molar-refractivity contribution in [3.05, 3.63) is 84.2 Å². The van der Waals surface area contributed by atoms with Crippen molar-refractivity contribution in [3.8, 4) is 22.8 Å². The summed E-state index contributed by atoms with van der Waals surface area (Å²) in [7, 11) is 1.99. The van der Waals surface area contributed by atoms with Gasteiger partial charge in [0.2, 0.25) is 5.95 Å². The number of unbranched alkanes of at least 4 members (excludes halogenated alkanes) is 1. The van der Waals surface area contributed by atoms with E-state index in [2.05, 4.69) is 30.2 Å². The highest BCUT2D eigenvalue weighted by atomic mass is 19.1. The van der Waals surface area contributed by atoms with Gasteiger partial charge >= 0.3 is 0 Å². The number of aryl methyl sites for hydroxylation is 1. The van der Waals surface area contributed by atoms with Crippen molar-refractivity contribution < 1.29 is 4.39 Å². The molecule has 1 fully saturated rings. The Morgan fingerprint density at radius 2 is 1.98 bits per heavy atom. The summed E-state index contributed by atoms with van der Waals surface area (Å²) >= 11 is 0. The van der Waals surface area contributed by atoms with Crippen LogP contribution in [0, 0.1) is 5.82 Å². The zero-order chi connectivity index (χ0) is 27.7. The number of nitrogens with two attached hydrogens (primary N) is 1. The summed E-state index contributed by atoms with van der Waals surface area (Å²) in [6.45, 7) is 2.44. The lowest BCUT2D eigenvalue weighted by atomic mass is 10.1. The number of anilines is 1. The topological polar surface area (TPSA) is 121 Å². The van der Waals surface area contributed by atoms with Gasteiger partial charge in [-0.25, -0.2) is 24.3 Å². The van der Waals surface area contributed by atoms with E-state index in [-0.39, 0.29) is 5.82 Å². The van der Waals surface area contributed by atoms with Gasteiger partial charge in [0.25, 0.3) is 0 Å². The van der Waals surface area contributed by atoms with Crippen LogP contribution in [0.3, 0.4) is 0 Å². The summed E-state index contributed by atoms with van der Waals surface area (Å²) in [4.78, 5) is 28.4.